The van der Waals surface area contributed by atoms with E-state index in [4.69, 9.17) is 5.73 Å². The largest absolute Gasteiger partial charge is 0.382 e. The van der Waals surface area contributed by atoms with Gasteiger partial charge < -0.3 is 11.1 Å². The molecule has 2 heterocycles. The summed E-state index contributed by atoms with van der Waals surface area (Å²) in [7, 11) is 0. The Labute approximate surface area is 105 Å². The Bertz CT molecular complexity index is 529. The van der Waals surface area contributed by atoms with Gasteiger partial charge in [-0.05, 0) is 19.1 Å². The van der Waals surface area contributed by atoms with Crippen LogP contribution in [-0.4, -0.2) is 32.0 Å². The van der Waals surface area contributed by atoms with Crippen molar-refractivity contribution in [2.24, 2.45) is 0 Å². The Morgan fingerprint density at radius 3 is 2.72 bits per heavy atom. The van der Waals surface area contributed by atoms with E-state index in [9.17, 15) is 4.79 Å². The van der Waals surface area contributed by atoms with Gasteiger partial charge in [0.25, 0.3) is 0 Å². The van der Waals surface area contributed by atoms with E-state index in [1.807, 2.05) is 19.2 Å². The van der Waals surface area contributed by atoms with Gasteiger partial charge in [-0.2, -0.15) is 10.2 Å². The van der Waals surface area contributed by atoms with E-state index < -0.39 is 0 Å². The molecule has 2 aromatic rings. The van der Waals surface area contributed by atoms with Crippen molar-refractivity contribution in [2.45, 2.75) is 20.0 Å². The van der Waals surface area contributed by atoms with Gasteiger partial charge in [-0.15, -0.1) is 0 Å². The summed E-state index contributed by atoms with van der Waals surface area (Å²) in [4.78, 5) is 11.6. The van der Waals surface area contributed by atoms with Gasteiger partial charge in [0.1, 0.15) is 12.4 Å². The number of nitrogens with zero attached hydrogens (tertiary/aromatic N) is 4. The Morgan fingerprint density at radius 2 is 2.11 bits per heavy atom. The van der Waals surface area contributed by atoms with Crippen molar-refractivity contribution in [3.8, 4) is 0 Å². The highest BCUT2D eigenvalue weighted by Gasteiger charge is 2.03. The van der Waals surface area contributed by atoms with Crippen molar-refractivity contribution in [1.82, 2.24) is 24.9 Å². The normalized spacial score (nSPS) is 10.5. The van der Waals surface area contributed by atoms with Crippen LogP contribution in [0.15, 0.2) is 24.5 Å². The molecule has 0 aliphatic heterocycles. The molecule has 0 saturated heterocycles. The lowest BCUT2D eigenvalue weighted by molar-refractivity contribution is -0.121. The number of carbonyl (C=O) groups excluding carboxylic acids is 1. The fourth-order valence-corrected chi connectivity index (χ4v) is 1.57. The van der Waals surface area contributed by atoms with Gasteiger partial charge in [-0.25, -0.2) is 0 Å². The van der Waals surface area contributed by atoms with Crippen LogP contribution in [0.5, 0.6) is 0 Å². The first-order valence-electron chi connectivity index (χ1n) is 5.69. The molecule has 0 fully saturated rings. The van der Waals surface area contributed by atoms with Crippen LogP contribution in [-0.2, 0) is 17.9 Å². The van der Waals surface area contributed by atoms with E-state index in [1.54, 1.807) is 16.9 Å². The summed E-state index contributed by atoms with van der Waals surface area (Å²) in [5.74, 6) is 0.316. The number of carbonyl (C=O) groups is 1. The lowest BCUT2D eigenvalue weighted by atomic mass is 10.5. The molecule has 0 bridgehead atoms. The van der Waals surface area contributed by atoms with Crippen molar-refractivity contribution in [3.05, 3.63) is 30.2 Å². The quantitative estimate of drug-likeness (QED) is 0.765. The Hall–Kier alpha value is -2.31. The summed E-state index contributed by atoms with van der Waals surface area (Å²) >= 11 is 0. The molecule has 18 heavy (non-hydrogen) atoms. The van der Waals surface area contributed by atoms with Gasteiger partial charge in [0.15, 0.2) is 0 Å². The van der Waals surface area contributed by atoms with Crippen LogP contribution in [0.1, 0.15) is 5.69 Å². The average Bonchev–Trinajstić information content (AvgIpc) is 2.88. The molecule has 96 valence electrons. The predicted octanol–water partition coefficient (Wildman–Crippen LogP) is -0.213. The van der Waals surface area contributed by atoms with Crippen LogP contribution in [0.25, 0.3) is 0 Å². The third-order valence-electron chi connectivity index (χ3n) is 2.40. The van der Waals surface area contributed by atoms with E-state index >= 15 is 0 Å². The molecule has 0 saturated carbocycles. The summed E-state index contributed by atoms with van der Waals surface area (Å²) in [5, 5.41) is 11.0. The summed E-state index contributed by atoms with van der Waals surface area (Å²) in [6.45, 7) is 3.30. The Kier molecular flexibility index (Phi) is 3.61. The van der Waals surface area contributed by atoms with Gasteiger partial charge in [0.2, 0.25) is 5.91 Å². The van der Waals surface area contributed by atoms with E-state index in [0.717, 1.165) is 5.69 Å². The van der Waals surface area contributed by atoms with E-state index in [2.05, 4.69) is 15.5 Å². The first-order valence-corrected chi connectivity index (χ1v) is 5.69. The molecule has 2 rings (SSSR count). The summed E-state index contributed by atoms with van der Waals surface area (Å²) in [6.07, 6.45) is 3.56. The summed E-state index contributed by atoms with van der Waals surface area (Å²) < 4.78 is 3.30. The molecule has 3 N–H and O–H groups in total. The number of hydrogen-bond acceptors (Lipinski definition) is 4. The van der Waals surface area contributed by atoms with Crippen molar-refractivity contribution in [1.29, 1.82) is 0 Å². The SMILES string of the molecule is Cc1ccn(CCNC(=O)Cn2ccc(N)n2)n1. The number of nitrogens with one attached hydrogen (secondary N) is 1. The van der Waals surface area contributed by atoms with Crippen molar-refractivity contribution in [3.63, 3.8) is 0 Å². The molecule has 2 aromatic heterocycles. The second-order valence-electron chi connectivity index (χ2n) is 4.01. The van der Waals surface area contributed by atoms with Crippen LogP contribution in [0.3, 0.4) is 0 Å². The topological polar surface area (TPSA) is 90.8 Å². The maximum Gasteiger partial charge on any atom is 0.241 e. The molecular weight excluding hydrogens is 232 g/mol. The molecule has 1 amide bonds. The second-order valence-corrected chi connectivity index (χ2v) is 4.01. The minimum atomic E-state index is -0.0954. The summed E-state index contributed by atoms with van der Waals surface area (Å²) in [5.41, 5.74) is 6.42. The lowest BCUT2D eigenvalue weighted by Gasteiger charge is -2.05. The van der Waals surface area contributed by atoms with Gasteiger partial charge >= 0.3 is 0 Å². The minimum absolute atomic E-state index is 0.0954. The smallest absolute Gasteiger partial charge is 0.241 e. The van der Waals surface area contributed by atoms with Crippen LogP contribution in [0.2, 0.25) is 0 Å². The molecule has 0 spiro atoms. The van der Waals surface area contributed by atoms with Gasteiger partial charge in [-0.1, -0.05) is 0 Å². The highest BCUT2D eigenvalue weighted by atomic mass is 16.2. The number of aryl methyl sites for hydroxylation is 1. The monoisotopic (exact) mass is 248 g/mol. The van der Waals surface area contributed by atoms with Crippen LogP contribution in [0.4, 0.5) is 5.82 Å². The summed E-state index contributed by atoms with van der Waals surface area (Å²) in [6, 6.07) is 3.58. The molecular formula is C11H16N6O. The number of hydrogen-bond donors (Lipinski definition) is 2. The maximum atomic E-state index is 11.6. The van der Waals surface area contributed by atoms with Crippen LogP contribution in [0, 0.1) is 6.92 Å². The van der Waals surface area contributed by atoms with Crippen molar-refractivity contribution >= 4 is 11.7 Å². The van der Waals surface area contributed by atoms with Gasteiger partial charge in [0, 0.05) is 18.9 Å². The number of amides is 1. The van der Waals surface area contributed by atoms with E-state index in [1.165, 1.54) is 4.68 Å². The Morgan fingerprint density at radius 1 is 1.33 bits per heavy atom. The fourth-order valence-electron chi connectivity index (χ4n) is 1.57. The Balaban J connectivity index is 1.72. The number of rotatable bonds is 5. The van der Waals surface area contributed by atoms with Gasteiger partial charge in [0.05, 0.1) is 12.2 Å². The molecule has 7 nitrogen and oxygen atoms in total. The van der Waals surface area contributed by atoms with Crippen LogP contribution < -0.4 is 11.1 Å². The standard InChI is InChI=1S/C11H16N6O/c1-9-2-5-16(14-9)7-4-13-11(18)8-17-6-3-10(12)15-17/h2-3,5-6H,4,7-8H2,1H3,(H2,12,15)(H,13,18). The zero-order valence-corrected chi connectivity index (χ0v) is 10.2. The third-order valence-corrected chi connectivity index (χ3v) is 2.40. The zero-order valence-electron chi connectivity index (χ0n) is 10.2. The number of aromatic nitrogens is 4. The first-order chi connectivity index (χ1) is 8.63. The van der Waals surface area contributed by atoms with E-state index in [0.29, 0.717) is 18.9 Å². The van der Waals surface area contributed by atoms with E-state index in [-0.39, 0.29) is 12.5 Å². The van der Waals surface area contributed by atoms with Crippen molar-refractivity contribution < 1.29 is 4.79 Å². The first kappa shape index (κ1) is 12.2. The molecule has 0 atom stereocenters. The maximum absolute atomic E-state index is 11.6. The highest BCUT2D eigenvalue weighted by Crippen LogP contribution is 1.95. The second kappa shape index (κ2) is 5.35. The zero-order chi connectivity index (χ0) is 13.0. The molecule has 7 heteroatoms. The fraction of sp³-hybridized carbons (Fsp3) is 0.364. The number of nitrogen functional groups attached to an aromatic ring is 1. The average molecular weight is 248 g/mol. The molecule has 0 unspecified atom stereocenters. The van der Waals surface area contributed by atoms with Gasteiger partial charge in [-0.3, -0.25) is 14.2 Å². The third kappa shape index (κ3) is 3.34. The molecule has 0 radical (unpaired) electrons. The molecule has 0 aliphatic carbocycles. The van der Waals surface area contributed by atoms with Crippen LogP contribution >= 0.6 is 0 Å². The number of nitrogens with two attached hydrogens (primary N) is 1. The lowest BCUT2D eigenvalue weighted by Crippen LogP contribution is -2.30. The number of anilines is 1. The predicted molar refractivity (Wildman–Crippen MR) is 66.6 cm³/mol. The van der Waals surface area contributed by atoms with Crippen molar-refractivity contribution in [2.75, 3.05) is 12.3 Å². The molecule has 0 aliphatic rings. The highest BCUT2D eigenvalue weighted by molar-refractivity contribution is 5.75. The minimum Gasteiger partial charge on any atom is -0.382 e. The molecule has 0 aromatic carbocycles.